The molecule has 0 unspecified atom stereocenters. The third-order valence-corrected chi connectivity index (χ3v) is 3.94. The molecule has 3 nitrogen and oxygen atoms in total. The number of carbonyl (C=O) groups excluding carboxylic acids is 1. The Morgan fingerprint density at radius 1 is 1.13 bits per heavy atom. The van der Waals surface area contributed by atoms with E-state index in [9.17, 15) is 18.0 Å². The minimum atomic E-state index is -4.28. The summed E-state index contributed by atoms with van der Waals surface area (Å²) in [7, 11) is 0. The number of carbonyl (C=O) groups is 1. The molecular formula is C16H11F3N2OS. The van der Waals surface area contributed by atoms with Crippen LogP contribution in [0.15, 0.2) is 53.4 Å². The number of nitrogens with one attached hydrogen (secondary N) is 1. The summed E-state index contributed by atoms with van der Waals surface area (Å²) in [4.78, 5) is 12.5. The fourth-order valence-corrected chi connectivity index (χ4v) is 2.51. The summed E-state index contributed by atoms with van der Waals surface area (Å²) in [6.07, 6.45) is -4.28. The smallest absolute Gasteiger partial charge is 0.321 e. The minimum Gasteiger partial charge on any atom is -0.321 e. The van der Waals surface area contributed by atoms with Crippen molar-refractivity contribution < 1.29 is 18.0 Å². The van der Waals surface area contributed by atoms with Crippen LogP contribution in [0, 0.1) is 11.3 Å². The normalized spacial score (nSPS) is 10.9. The molecule has 0 bridgehead atoms. The molecule has 0 fully saturated rings. The van der Waals surface area contributed by atoms with E-state index in [0.29, 0.717) is 33.5 Å². The molecule has 0 radical (unpaired) electrons. The van der Waals surface area contributed by atoms with E-state index in [1.165, 1.54) is 30.3 Å². The molecule has 0 atom stereocenters. The SMILES string of the molecule is N#Cc1ccc(C(=O)Nc2ccccc2SCC(F)(F)F)cc1. The van der Waals surface area contributed by atoms with E-state index < -0.39 is 17.8 Å². The monoisotopic (exact) mass is 336 g/mol. The van der Waals surface area contributed by atoms with Gasteiger partial charge < -0.3 is 5.32 Å². The summed E-state index contributed by atoms with van der Waals surface area (Å²) in [5, 5.41) is 11.3. The van der Waals surface area contributed by atoms with Gasteiger partial charge >= 0.3 is 6.18 Å². The fourth-order valence-electron chi connectivity index (χ4n) is 1.75. The molecule has 118 valence electrons. The number of nitriles is 1. The van der Waals surface area contributed by atoms with Gasteiger partial charge in [-0.3, -0.25) is 4.79 Å². The zero-order chi connectivity index (χ0) is 16.9. The Hall–Kier alpha value is -2.46. The molecule has 2 aromatic rings. The van der Waals surface area contributed by atoms with Gasteiger partial charge in [0.05, 0.1) is 23.1 Å². The van der Waals surface area contributed by atoms with Gasteiger partial charge in [0.25, 0.3) is 5.91 Å². The van der Waals surface area contributed by atoms with Crippen molar-refractivity contribution in [2.75, 3.05) is 11.1 Å². The van der Waals surface area contributed by atoms with Crippen molar-refractivity contribution in [2.24, 2.45) is 0 Å². The molecule has 0 saturated carbocycles. The first kappa shape index (κ1) is 16.9. The number of rotatable bonds is 4. The third-order valence-electron chi connectivity index (χ3n) is 2.80. The lowest BCUT2D eigenvalue weighted by molar-refractivity contribution is -0.105. The molecule has 1 amide bonds. The second kappa shape index (κ2) is 7.20. The van der Waals surface area contributed by atoms with Gasteiger partial charge in [-0.2, -0.15) is 18.4 Å². The number of thioether (sulfide) groups is 1. The summed E-state index contributed by atoms with van der Waals surface area (Å²) in [6, 6.07) is 14.2. The number of amides is 1. The van der Waals surface area contributed by atoms with E-state index in [-0.39, 0.29) is 0 Å². The van der Waals surface area contributed by atoms with Gasteiger partial charge in [-0.15, -0.1) is 11.8 Å². The van der Waals surface area contributed by atoms with Crippen molar-refractivity contribution >= 4 is 23.4 Å². The number of anilines is 1. The summed E-state index contributed by atoms with van der Waals surface area (Å²) in [6.45, 7) is 0. The predicted octanol–water partition coefficient (Wildman–Crippen LogP) is 4.46. The fraction of sp³-hybridized carbons (Fsp3) is 0.125. The number of halogens is 3. The molecule has 1 N–H and O–H groups in total. The zero-order valence-corrected chi connectivity index (χ0v) is 12.5. The van der Waals surface area contributed by atoms with Crippen LogP contribution in [0.25, 0.3) is 0 Å². The molecule has 7 heteroatoms. The standard InChI is InChI=1S/C16H11F3N2OS/c17-16(18,19)10-23-14-4-2-1-3-13(14)21-15(22)12-7-5-11(9-20)6-8-12/h1-8H,10H2,(H,21,22). The molecule has 2 aromatic carbocycles. The van der Waals surface area contributed by atoms with E-state index in [0.717, 1.165) is 0 Å². The Bertz CT molecular complexity index is 736. The van der Waals surface area contributed by atoms with E-state index in [2.05, 4.69) is 5.32 Å². The summed E-state index contributed by atoms with van der Waals surface area (Å²) in [5.74, 6) is -1.48. The van der Waals surface area contributed by atoms with E-state index >= 15 is 0 Å². The molecule has 0 saturated heterocycles. The van der Waals surface area contributed by atoms with Crippen molar-refractivity contribution in [2.45, 2.75) is 11.1 Å². The van der Waals surface area contributed by atoms with Crippen LogP contribution >= 0.6 is 11.8 Å². The highest BCUT2D eigenvalue weighted by molar-refractivity contribution is 7.99. The molecule has 23 heavy (non-hydrogen) atoms. The Labute approximate surface area is 135 Å². The number of hydrogen-bond donors (Lipinski definition) is 1. The number of hydrogen-bond acceptors (Lipinski definition) is 3. The largest absolute Gasteiger partial charge is 0.398 e. The van der Waals surface area contributed by atoms with Crippen molar-refractivity contribution in [3.8, 4) is 6.07 Å². The van der Waals surface area contributed by atoms with Crippen molar-refractivity contribution in [1.29, 1.82) is 5.26 Å². The van der Waals surface area contributed by atoms with Crippen molar-refractivity contribution in [1.82, 2.24) is 0 Å². The van der Waals surface area contributed by atoms with E-state index in [1.807, 2.05) is 6.07 Å². The van der Waals surface area contributed by atoms with Crippen LogP contribution in [0.1, 0.15) is 15.9 Å². The van der Waals surface area contributed by atoms with Crippen LogP contribution in [0.5, 0.6) is 0 Å². The first-order valence-corrected chi connectivity index (χ1v) is 7.48. The Morgan fingerprint density at radius 3 is 2.39 bits per heavy atom. The second-order valence-electron chi connectivity index (χ2n) is 4.54. The molecular weight excluding hydrogens is 325 g/mol. The van der Waals surface area contributed by atoms with Crippen LogP contribution < -0.4 is 5.32 Å². The van der Waals surface area contributed by atoms with Gasteiger partial charge in [-0.05, 0) is 36.4 Å². The number of benzene rings is 2. The maximum Gasteiger partial charge on any atom is 0.398 e. The lowest BCUT2D eigenvalue weighted by Crippen LogP contribution is -2.14. The third kappa shape index (κ3) is 5.04. The topological polar surface area (TPSA) is 52.9 Å². The molecule has 0 aromatic heterocycles. The maximum atomic E-state index is 12.3. The van der Waals surface area contributed by atoms with Crippen LogP contribution in [-0.4, -0.2) is 17.8 Å². The number of alkyl halides is 3. The first-order chi connectivity index (χ1) is 10.9. The van der Waals surface area contributed by atoms with Gasteiger partial charge in [-0.25, -0.2) is 0 Å². The van der Waals surface area contributed by atoms with Gasteiger partial charge in [0.15, 0.2) is 0 Å². The Morgan fingerprint density at radius 2 is 1.78 bits per heavy atom. The molecule has 0 heterocycles. The average Bonchev–Trinajstić information content (AvgIpc) is 2.53. The predicted molar refractivity (Wildman–Crippen MR) is 82.3 cm³/mol. The summed E-state index contributed by atoms with van der Waals surface area (Å²) < 4.78 is 37.0. The van der Waals surface area contributed by atoms with Gasteiger partial charge in [-0.1, -0.05) is 12.1 Å². The van der Waals surface area contributed by atoms with Gasteiger partial charge in [0, 0.05) is 10.5 Å². The maximum absolute atomic E-state index is 12.3. The molecule has 2 rings (SSSR count). The Kier molecular flexibility index (Phi) is 5.29. The highest BCUT2D eigenvalue weighted by atomic mass is 32.2. The van der Waals surface area contributed by atoms with E-state index in [4.69, 9.17) is 5.26 Å². The number of para-hydroxylation sites is 1. The van der Waals surface area contributed by atoms with Crippen molar-refractivity contribution in [3.63, 3.8) is 0 Å². The lowest BCUT2D eigenvalue weighted by Gasteiger charge is -2.12. The zero-order valence-electron chi connectivity index (χ0n) is 11.7. The molecule has 0 aliphatic heterocycles. The van der Waals surface area contributed by atoms with Crippen LogP contribution in [0.2, 0.25) is 0 Å². The van der Waals surface area contributed by atoms with Crippen LogP contribution in [0.3, 0.4) is 0 Å². The second-order valence-corrected chi connectivity index (χ2v) is 5.56. The van der Waals surface area contributed by atoms with Gasteiger partial charge in [0.1, 0.15) is 0 Å². The molecule has 0 aliphatic carbocycles. The minimum absolute atomic E-state index is 0.316. The highest BCUT2D eigenvalue weighted by Gasteiger charge is 2.27. The average molecular weight is 336 g/mol. The van der Waals surface area contributed by atoms with Crippen LogP contribution in [-0.2, 0) is 0 Å². The summed E-state index contributed by atoms with van der Waals surface area (Å²) in [5.41, 5.74) is 1.05. The summed E-state index contributed by atoms with van der Waals surface area (Å²) >= 11 is 0.614. The molecule has 0 spiro atoms. The quantitative estimate of drug-likeness (QED) is 0.839. The number of nitrogens with zero attached hydrogens (tertiary/aromatic N) is 1. The van der Waals surface area contributed by atoms with Gasteiger partial charge in [0.2, 0.25) is 0 Å². The van der Waals surface area contributed by atoms with E-state index in [1.54, 1.807) is 18.2 Å². The first-order valence-electron chi connectivity index (χ1n) is 6.49. The lowest BCUT2D eigenvalue weighted by atomic mass is 10.1. The Balaban J connectivity index is 2.12. The van der Waals surface area contributed by atoms with Crippen LogP contribution in [0.4, 0.5) is 18.9 Å². The molecule has 0 aliphatic rings. The highest BCUT2D eigenvalue weighted by Crippen LogP contribution is 2.32. The van der Waals surface area contributed by atoms with Crippen molar-refractivity contribution in [3.05, 3.63) is 59.7 Å².